The summed E-state index contributed by atoms with van der Waals surface area (Å²) in [6, 6.07) is 6.25. The van der Waals surface area contributed by atoms with E-state index in [0.29, 0.717) is 12.0 Å². The standard InChI is InChI=1S/C22H36N4O3.HI/c1-6-23-21(26-11-9-22(15-26)10-12-29-16-22)24-14-18(25(2)3)17-7-8-19(27-4)20(13-17)28-5;/h7-8,13,18H,6,9-12,14-16H2,1-5H3,(H,23,24);1H. The SMILES string of the molecule is CCNC(=NCC(c1ccc(OC)c(OC)c1)N(C)C)N1CCC2(CCOC2)C1.I. The largest absolute Gasteiger partial charge is 0.493 e. The molecule has 0 aromatic heterocycles. The lowest BCUT2D eigenvalue weighted by molar-refractivity contribution is 0.156. The van der Waals surface area contributed by atoms with Crippen molar-refractivity contribution in [1.82, 2.24) is 15.1 Å². The average molecular weight is 532 g/mol. The van der Waals surface area contributed by atoms with Crippen molar-refractivity contribution in [2.24, 2.45) is 10.4 Å². The number of ether oxygens (including phenoxy) is 3. The minimum atomic E-state index is 0. The Balaban J connectivity index is 0.00000320. The molecule has 0 amide bonds. The summed E-state index contributed by atoms with van der Waals surface area (Å²) in [6.07, 6.45) is 2.35. The van der Waals surface area contributed by atoms with Crippen LogP contribution < -0.4 is 14.8 Å². The molecule has 2 atom stereocenters. The molecule has 2 heterocycles. The van der Waals surface area contributed by atoms with Gasteiger partial charge in [0.05, 0.1) is 33.4 Å². The highest BCUT2D eigenvalue weighted by molar-refractivity contribution is 14.0. The van der Waals surface area contributed by atoms with E-state index in [2.05, 4.69) is 42.2 Å². The molecule has 2 saturated heterocycles. The van der Waals surface area contributed by atoms with Crippen LogP contribution in [0.3, 0.4) is 0 Å². The smallest absolute Gasteiger partial charge is 0.194 e. The fourth-order valence-corrected chi connectivity index (χ4v) is 4.31. The fraction of sp³-hybridized carbons (Fsp3) is 0.682. The van der Waals surface area contributed by atoms with Crippen molar-refractivity contribution in [3.05, 3.63) is 23.8 Å². The number of halogens is 1. The zero-order valence-corrected chi connectivity index (χ0v) is 21.3. The van der Waals surface area contributed by atoms with Crippen LogP contribution in [0, 0.1) is 5.41 Å². The second kappa shape index (κ2) is 11.4. The molecule has 2 unspecified atom stereocenters. The van der Waals surface area contributed by atoms with E-state index in [1.54, 1.807) is 14.2 Å². The van der Waals surface area contributed by atoms with Gasteiger partial charge in [-0.15, -0.1) is 24.0 Å². The van der Waals surface area contributed by atoms with Crippen molar-refractivity contribution >= 4 is 29.9 Å². The average Bonchev–Trinajstić information content (AvgIpc) is 3.36. The highest BCUT2D eigenvalue weighted by Gasteiger charge is 2.42. The summed E-state index contributed by atoms with van der Waals surface area (Å²) < 4.78 is 16.6. The van der Waals surface area contributed by atoms with Gasteiger partial charge in [-0.05, 0) is 51.6 Å². The number of hydrogen-bond donors (Lipinski definition) is 1. The third kappa shape index (κ3) is 5.70. The van der Waals surface area contributed by atoms with Crippen molar-refractivity contribution < 1.29 is 14.2 Å². The molecule has 1 aromatic carbocycles. The van der Waals surface area contributed by atoms with Crippen molar-refractivity contribution in [2.45, 2.75) is 25.8 Å². The van der Waals surface area contributed by atoms with Gasteiger partial charge in [0.25, 0.3) is 0 Å². The molecule has 0 saturated carbocycles. The predicted octanol–water partition coefficient (Wildman–Crippen LogP) is 3.00. The lowest BCUT2D eigenvalue weighted by Gasteiger charge is -2.27. The monoisotopic (exact) mass is 532 g/mol. The minimum Gasteiger partial charge on any atom is -0.493 e. The highest BCUT2D eigenvalue weighted by Crippen LogP contribution is 2.38. The number of hydrogen-bond acceptors (Lipinski definition) is 5. The third-order valence-corrected chi connectivity index (χ3v) is 6.09. The van der Waals surface area contributed by atoms with E-state index in [-0.39, 0.29) is 30.0 Å². The van der Waals surface area contributed by atoms with Gasteiger partial charge < -0.3 is 29.3 Å². The van der Waals surface area contributed by atoms with E-state index < -0.39 is 0 Å². The summed E-state index contributed by atoms with van der Waals surface area (Å²) in [6.45, 7) is 7.50. The van der Waals surface area contributed by atoms with Crippen molar-refractivity contribution in [2.75, 3.05) is 67.7 Å². The number of likely N-dealkylation sites (tertiary alicyclic amines) is 1. The molecule has 170 valence electrons. The molecular weight excluding hydrogens is 495 g/mol. The van der Waals surface area contributed by atoms with E-state index in [1.807, 2.05) is 12.1 Å². The summed E-state index contributed by atoms with van der Waals surface area (Å²) in [5, 5.41) is 3.49. The molecular formula is C22H37IN4O3. The van der Waals surface area contributed by atoms with Gasteiger partial charge in [0.15, 0.2) is 17.5 Å². The van der Waals surface area contributed by atoms with Crippen LogP contribution in [0.1, 0.15) is 31.4 Å². The Labute approximate surface area is 198 Å². The van der Waals surface area contributed by atoms with Gasteiger partial charge in [0, 0.05) is 31.7 Å². The number of rotatable bonds is 7. The maximum absolute atomic E-state index is 5.68. The van der Waals surface area contributed by atoms with E-state index in [1.165, 1.54) is 6.42 Å². The van der Waals surface area contributed by atoms with Crippen LogP contribution in [0.2, 0.25) is 0 Å². The summed E-state index contributed by atoms with van der Waals surface area (Å²) in [4.78, 5) is 9.62. The molecule has 8 heteroatoms. The number of nitrogens with zero attached hydrogens (tertiary/aromatic N) is 3. The van der Waals surface area contributed by atoms with Gasteiger partial charge in [-0.25, -0.2) is 0 Å². The summed E-state index contributed by atoms with van der Waals surface area (Å²) in [5.41, 5.74) is 1.48. The van der Waals surface area contributed by atoms with Gasteiger partial charge in [-0.3, -0.25) is 4.99 Å². The number of likely N-dealkylation sites (N-methyl/N-ethyl adjacent to an activating group) is 1. The number of guanidine groups is 1. The number of aliphatic imine (C=N–C) groups is 1. The first-order valence-corrected chi connectivity index (χ1v) is 10.5. The normalized spacial score (nSPS) is 22.3. The molecule has 2 fully saturated rings. The zero-order chi connectivity index (χ0) is 20.9. The summed E-state index contributed by atoms with van der Waals surface area (Å²) >= 11 is 0. The van der Waals surface area contributed by atoms with E-state index in [0.717, 1.165) is 62.3 Å². The second-order valence-corrected chi connectivity index (χ2v) is 8.26. The summed E-state index contributed by atoms with van der Waals surface area (Å²) in [5.74, 6) is 2.49. The van der Waals surface area contributed by atoms with Crippen LogP contribution in [0.4, 0.5) is 0 Å². The fourth-order valence-electron chi connectivity index (χ4n) is 4.31. The van der Waals surface area contributed by atoms with Gasteiger partial charge in [0.1, 0.15) is 0 Å². The number of benzene rings is 1. The predicted molar refractivity (Wildman–Crippen MR) is 131 cm³/mol. The first-order valence-electron chi connectivity index (χ1n) is 10.5. The minimum absolute atomic E-state index is 0. The molecule has 2 aliphatic heterocycles. The van der Waals surface area contributed by atoms with Gasteiger partial charge in [-0.1, -0.05) is 6.07 Å². The highest BCUT2D eigenvalue weighted by atomic mass is 127. The molecule has 7 nitrogen and oxygen atoms in total. The van der Waals surface area contributed by atoms with Gasteiger partial charge in [-0.2, -0.15) is 0 Å². The summed E-state index contributed by atoms with van der Waals surface area (Å²) in [7, 11) is 7.50. The number of nitrogens with one attached hydrogen (secondary N) is 1. The molecule has 1 spiro atoms. The van der Waals surface area contributed by atoms with Crippen molar-refractivity contribution in [3.63, 3.8) is 0 Å². The van der Waals surface area contributed by atoms with Crippen molar-refractivity contribution in [1.29, 1.82) is 0 Å². The molecule has 1 aromatic rings. The van der Waals surface area contributed by atoms with Crippen molar-refractivity contribution in [3.8, 4) is 11.5 Å². The van der Waals surface area contributed by atoms with Crippen LogP contribution in [0.15, 0.2) is 23.2 Å². The first-order chi connectivity index (χ1) is 14.0. The first kappa shape index (κ1) is 25.0. The second-order valence-electron chi connectivity index (χ2n) is 8.26. The molecule has 0 aliphatic carbocycles. The zero-order valence-electron chi connectivity index (χ0n) is 18.9. The van der Waals surface area contributed by atoms with Crippen LogP contribution in [0.5, 0.6) is 11.5 Å². The van der Waals surface area contributed by atoms with Crippen LogP contribution in [0.25, 0.3) is 0 Å². The molecule has 3 rings (SSSR count). The topological polar surface area (TPSA) is 58.6 Å². The van der Waals surface area contributed by atoms with E-state index in [9.17, 15) is 0 Å². The lowest BCUT2D eigenvalue weighted by atomic mass is 9.87. The quantitative estimate of drug-likeness (QED) is 0.331. The maximum atomic E-state index is 5.68. The lowest BCUT2D eigenvalue weighted by Crippen LogP contribution is -2.42. The maximum Gasteiger partial charge on any atom is 0.194 e. The van der Waals surface area contributed by atoms with Gasteiger partial charge >= 0.3 is 0 Å². The van der Waals surface area contributed by atoms with Gasteiger partial charge in [0.2, 0.25) is 0 Å². The van der Waals surface area contributed by atoms with Crippen LogP contribution in [-0.2, 0) is 4.74 Å². The van der Waals surface area contributed by atoms with Crippen LogP contribution >= 0.6 is 24.0 Å². The Bertz CT molecular complexity index is 708. The van der Waals surface area contributed by atoms with E-state index >= 15 is 0 Å². The molecule has 1 N–H and O–H groups in total. The Hall–Kier alpha value is -1.26. The van der Waals surface area contributed by atoms with Crippen LogP contribution in [-0.4, -0.2) is 83.5 Å². The Morgan fingerprint density at radius 3 is 2.63 bits per heavy atom. The Morgan fingerprint density at radius 2 is 2.03 bits per heavy atom. The third-order valence-electron chi connectivity index (χ3n) is 6.09. The Kier molecular flexibility index (Phi) is 9.49. The van der Waals surface area contributed by atoms with E-state index in [4.69, 9.17) is 19.2 Å². The number of methoxy groups -OCH3 is 2. The molecule has 0 bridgehead atoms. The Morgan fingerprint density at radius 1 is 1.27 bits per heavy atom. The molecule has 30 heavy (non-hydrogen) atoms. The molecule has 2 aliphatic rings. The molecule has 0 radical (unpaired) electrons.